The number of hydrogen-bond acceptors (Lipinski definition) is 4. The molecule has 4 heteroatoms. The molecule has 0 atom stereocenters. The largest absolute Gasteiger partial charge is 0.255 e. The summed E-state index contributed by atoms with van der Waals surface area (Å²) >= 11 is 1.63. The van der Waals surface area contributed by atoms with E-state index in [1.807, 2.05) is 35.7 Å². The van der Waals surface area contributed by atoms with E-state index in [9.17, 15) is 5.26 Å². The predicted molar refractivity (Wildman–Crippen MR) is 141 cm³/mol. The number of thiophene rings is 1. The van der Waals surface area contributed by atoms with E-state index in [0.29, 0.717) is 17.2 Å². The number of fused-ring (bicyclic) bond motifs is 1. The Morgan fingerprint density at radius 3 is 2.38 bits per heavy atom. The molecule has 0 radical (unpaired) electrons. The number of pyridine rings is 2. The molecule has 0 amide bonds. The third-order valence-corrected chi connectivity index (χ3v) is 7.23. The Bertz CT molecular complexity index is 1490. The van der Waals surface area contributed by atoms with Gasteiger partial charge in [-0.15, -0.1) is 11.3 Å². The van der Waals surface area contributed by atoms with Crippen LogP contribution >= 0.6 is 11.3 Å². The number of nitriles is 1. The van der Waals surface area contributed by atoms with Crippen LogP contribution in [0.1, 0.15) is 42.0 Å². The highest BCUT2D eigenvalue weighted by Crippen LogP contribution is 2.44. The second kappa shape index (κ2) is 8.85. The molecule has 0 aliphatic heterocycles. The minimum atomic E-state index is 0.429. The molecule has 0 saturated heterocycles. The zero-order valence-corrected chi connectivity index (χ0v) is 20.6. The molecule has 0 unspecified atom stereocenters. The summed E-state index contributed by atoms with van der Waals surface area (Å²) in [6.07, 6.45) is 1.78. The molecule has 3 aromatic rings. The minimum absolute atomic E-state index is 0.429. The van der Waals surface area contributed by atoms with Crippen LogP contribution in [0.3, 0.4) is 0 Å². The Hall–Kier alpha value is -3.81. The molecule has 0 saturated carbocycles. The van der Waals surface area contributed by atoms with E-state index < -0.39 is 0 Å². The van der Waals surface area contributed by atoms with Crippen molar-refractivity contribution in [2.75, 3.05) is 0 Å². The van der Waals surface area contributed by atoms with Gasteiger partial charge in [-0.1, -0.05) is 44.2 Å². The summed E-state index contributed by atoms with van der Waals surface area (Å²) in [5.41, 5.74) is 10.8. The van der Waals surface area contributed by atoms with Gasteiger partial charge in [0.1, 0.15) is 6.07 Å². The third kappa shape index (κ3) is 3.79. The molecule has 34 heavy (non-hydrogen) atoms. The predicted octanol–water partition coefficient (Wildman–Crippen LogP) is 8.26. The van der Waals surface area contributed by atoms with Crippen LogP contribution in [0.4, 0.5) is 0 Å². The molecule has 0 fully saturated rings. The summed E-state index contributed by atoms with van der Waals surface area (Å²) in [7, 11) is 0. The number of hydrogen-bond donors (Lipinski definition) is 0. The van der Waals surface area contributed by atoms with Gasteiger partial charge in [0.15, 0.2) is 0 Å². The fourth-order valence-electron chi connectivity index (χ4n) is 4.51. The maximum absolute atomic E-state index is 10.3. The van der Waals surface area contributed by atoms with Crippen molar-refractivity contribution in [3.63, 3.8) is 0 Å². The Kier molecular flexibility index (Phi) is 5.73. The summed E-state index contributed by atoms with van der Waals surface area (Å²) < 4.78 is 0. The SMILES string of the molecule is Cc1cc(-c2nc(-c3ccccn3)cc(-c3cccs3)c2C#N)c2c(C)ccc(C(C)C)cc1-2. The number of aromatic nitrogens is 2. The average Bonchev–Trinajstić information content (AvgIpc) is 3.45. The Balaban J connectivity index is 1.85. The molecule has 0 N–H and O–H groups in total. The van der Waals surface area contributed by atoms with E-state index in [-0.39, 0.29) is 0 Å². The van der Waals surface area contributed by atoms with Gasteiger partial charge in [0.25, 0.3) is 0 Å². The van der Waals surface area contributed by atoms with Crippen LogP contribution in [0.5, 0.6) is 0 Å². The fraction of sp³-hybridized carbons (Fsp3) is 0.167. The van der Waals surface area contributed by atoms with Gasteiger partial charge in [-0.05, 0) is 83.3 Å². The lowest BCUT2D eigenvalue weighted by Crippen LogP contribution is -1.97. The van der Waals surface area contributed by atoms with Crippen molar-refractivity contribution in [2.45, 2.75) is 33.6 Å². The standard InChI is InChI=1S/C30H25N3S/c1-18(2)21-11-10-19(3)29-22(15-21)20(4)14-24(29)30-25(17-31)23(28-9-7-13-34-28)16-27(33-30)26-8-5-6-12-32-26/h5-16,18H,1-4H3. The van der Waals surface area contributed by atoms with Gasteiger partial charge >= 0.3 is 0 Å². The van der Waals surface area contributed by atoms with Crippen LogP contribution in [-0.2, 0) is 0 Å². The van der Waals surface area contributed by atoms with Crippen molar-refractivity contribution in [1.82, 2.24) is 9.97 Å². The second-order valence-corrected chi connectivity index (χ2v) is 9.88. The summed E-state index contributed by atoms with van der Waals surface area (Å²) in [4.78, 5) is 10.7. The molecule has 0 spiro atoms. The van der Waals surface area contributed by atoms with Crippen molar-refractivity contribution < 1.29 is 0 Å². The first-order chi connectivity index (χ1) is 16.5. The summed E-state index contributed by atoms with van der Waals surface area (Å²) in [5.74, 6) is 0.429. The summed E-state index contributed by atoms with van der Waals surface area (Å²) in [6.45, 7) is 8.72. The quantitative estimate of drug-likeness (QED) is 0.272. The molecular weight excluding hydrogens is 434 g/mol. The zero-order chi connectivity index (χ0) is 23.8. The number of aryl methyl sites for hydroxylation is 2. The lowest BCUT2D eigenvalue weighted by molar-refractivity contribution is 0.868. The fourth-order valence-corrected chi connectivity index (χ4v) is 5.26. The monoisotopic (exact) mass is 459 g/mol. The average molecular weight is 460 g/mol. The first-order valence-corrected chi connectivity index (χ1v) is 12.3. The summed E-state index contributed by atoms with van der Waals surface area (Å²) in [6, 6.07) is 23.3. The van der Waals surface area contributed by atoms with Crippen LogP contribution in [-0.4, -0.2) is 9.97 Å². The lowest BCUT2D eigenvalue weighted by Gasteiger charge is -2.13. The van der Waals surface area contributed by atoms with Crippen molar-refractivity contribution in [3.05, 3.63) is 94.5 Å². The van der Waals surface area contributed by atoms with Crippen LogP contribution in [0, 0.1) is 25.2 Å². The van der Waals surface area contributed by atoms with Crippen LogP contribution in [0.2, 0.25) is 0 Å². The highest BCUT2D eigenvalue weighted by atomic mass is 32.1. The number of rotatable bonds is 4. The normalized spacial score (nSPS) is 11.2. The molecule has 0 bridgehead atoms. The van der Waals surface area contributed by atoms with Crippen LogP contribution in [0.25, 0.3) is 44.2 Å². The van der Waals surface area contributed by atoms with Crippen molar-refractivity contribution in [2.24, 2.45) is 0 Å². The summed E-state index contributed by atoms with van der Waals surface area (Å²) in [5, 5.41) is 12.4. The van der Waals surface area contributed by atoms with Gasteiger partial charge < -0.3 is 0 Å². The molecule has 3 nitrogen and oxygen atoms in total. The first kappa shape index (κ1) is 22.0. The van der Waals surface area contributed by atoms with E-state index >= 15 is 0 Å². The van der Waals surface area contributed by atoms with Gasteiger partial charge in [0, 0.05) is 22.2 Å². The molecule has 3 heterocycles. The lowest BCUT2D eigenvalue weighted by atomic mass is 9.95. The van der Waals surface area contributed by atoms with Gasteiger partial charge in [-0.2, -0.15) is 5.26 Å². The highest BCUT2D eigenvalue weighted by molar-refractivity contribution is 7.13. The molecular formula is C30H25N3S. The van der Waals surface area contributed by atoms with E-state index in [2.05, 4.69) is 69.1 Å². The van der Waals surface area contributed by atoms with Gasteiger partial charge in [-0.3, -0.25) is 4.98 Å². The van der Waals surface area contributed by atoms with Gasteiger partial charge in [-0.25, -0.2) is 4.98 Å². The zero-order valence-electron chi connectivity index (χ0n) is 19.8. The molecule has 166 valence electrons. The van der Waals surface area contributed by atoms with Gasteiger partial charge in [0.2, 0.25) is 0 Å². The Morgan fingerprint density at radius 2 is 1.71 bits per heavy atom. The maximum atomic E-state index is 10.3. The third-order valence-electron chi connectivity index (χ3n) is 6.32. The van der Waals surface area contributed by atoms with E-state index in [4.69, 9.17) is 4.98 Å². The molecule has 2 aliphatic carbocycles. The van der Waals surface area contributed by atoms with E-state index in [1.165, 1.54) is 22.3 Å². The molecule has 0 aromatic carbocycles. The minimum Gasteiger partial charge on any atom is -0.255 e. The highest BCUT2D eigenvalue weighted by Gasteiger charge is 2.24. The van der Waals surface area contributed by atoms with Crippen LogP contribution in [0.15, 0.2) is 72.2 Å². The first-order valence-electron chi connectivity index (χ1n) is 11.4. The molecule has 5 rings (SSSR count). The van der Waals surface area contributed by atoms with E-state index in [1.54, 1.807) is 17.5 Å². The smallest absolute Gasteiger partial charge is 0.102 e. The van der Waals surface area contributed by atoms with Gasteiger partial charge in [0.05, 0.1) is 22.6 Å². The molecule has 2 aliphatic rings. The topological polar surface area (TPSA) is 49.6 Å². The van der Waals surface area contributed by atoms with E-state index in [0.717, 1.165) is 33.0 Å². The molecule has 3 aromatic heterocycles. The van der Waals surface area contributed by atoms with Crippen LogP contribution < -0.4 is 0 Å². The van der Waals surface area contributed by atoms with Crippen molar-refractivity contribution in [1.29, 1.82) is 5.26 Å². The Morgan fingerprint density at radius 1 is 0.853 bits per heavy atom. The van der Waals surface area contributed by atoms with Crippen molar-refractivity contribution in [3.8, 4) is 50.3 Å². The van der Waals surface area contributed by atoms with Crippen molar-refractivity contribution >= 4 is 11.3 Å². The maximum Gasteiger partial charge on any atom is 0.102 e. The number of nitrogens with zero attached hydrogens (tertiary/aromatic N) is 3. The second-order valence-electron chi connectivity index (χ2n) is 8.93. The Labute approximate surface area is 204 Å².